The highest BCUT2D eigenvalue weighted by atomic mass is 35.5. The van der Waals surface area contributed by atoms with E-state index in [1.807, 2.05) is 42.6 Å². The number of rotatable bonds is 3. The molecule has 0 aliphatic carbocycles. The molecule has 1 unspecified atom stereocenters. The van der Waals surface area contributed by atoms with Gasteiger partial charge in [0.2, 0.25) is 6.10 Å². The molecule has 4 aromatic rings. The third-order valence-electron chi connectivity index (χ3n) is 8.06. The summed E-state index contributed by atoms with van der Waals surface area (Å²) in [5.41, 5.74) is 1.09. The van der Waals surface area contributed by atoms with Crippen LogP contribution in [0.15, 0.2) is 61.1 Å². The minimum absolute atomic E-state index is 0.114. The van der Waals surface area contributed by atoms with Gasteiger partial charge in [0.15, 0.2) is 28.7 Å². The predicted molar refractivity (Wildman–Crippen MR) is 171 cm³/mol. The van der Waals surface area contributed by atoms with Gasteiger partial charge in [-0.1, -0.05) is 23.7 Å². The molecular weight excluding hydrogens is 612 g/mol. The number of nitrogens with zero attached hydrogens (tertiary/aromatic N) is 6. The Labute approximate surface area is 272 Å². The minimum atomic E-state index is -0.787. The molecule has 0 N–H and O–H groups in total. The fraction of sp³-hybridized carbons (Fsp3) is 0.394. The lowest BCUT2D eigenvalue weighted by Crippen LogP contribution is -2.48. The third-order valence-corrected chi connectivity index (χ3v) is 8.34. The van der Waals surface area contributed by atoms with Crippen LogP contribution in [0.1, 0.15) is 29.8 Å². The summed E-state index contributed by atoms with van der Waals surface area (Å²) in [5.74, 6) is 2.66. The summed E-state index contributed by atoms with van der Waals surface area (Å²) < 4.78 is 27.3. The second kappa shape index (κ2) is 14.2. The van der Waals surface area contributed by atoms with Gasteiger partial charge in [-0.05, 0) is 49.6 Å². The molecule has 0 saturated heterocycles. The van der Waals surface area contributed by atoms with Gasteiger partial charge in [0, 0.05) is 57.4 Å². The maximum absolute atomic E-state index is 13.8. The topological polar surface area (TPSA) is 113 Å². The van der Waals surface area contributed by atoms with E-state index >= 15 is 0 Å². The van der Waals surface area contributed by atoms with E-state index in [0.717, 1.165) is 11.4 Å². The lowest BCUT2D eigenvalue weighted by atomic mass is 10.2. The fourth-order valence-electron chi connectivity index (χ4n) is 5.73. The Morgan fingerprint density at radius 3 is 2.50 bits per heavy atom. The molecule has 0 saturated carbocycles. The average Bonchev–Trinajstić information content (AvgIpc) is 3.68. The molecule has 6 rings (SSSR count). The summed E-state index contributed by atoms with van der Waals surface area (Å²) in [6, 6.07) is 13.0. The largest absolute Gasteiger partial charge is 0.493 e. The molecule has 46 heavy (non-hydrogen) atoms. The van der Waals surface area contributed by atoms with Crippen LogP contribution in [0.4, 0.5) is 0 Å². The molecule has 4 heterocycles. The molecule has 0 radical (unpaired) electrons. The van der Waals surface area contributed by atoms with Crippen molar-refractivity contribution in [1.82, 2.24) is 29.1 Å². The number of halogens is 1. The molecule has 1 atom stereocenters. The van der Waals surface area contributed by atoms with E-state index in [2.05, 4.69) is 14.6 Å². The predicted octanol–water partition coefficient (Wildman–Crippen LogP) is 4.32. The van der Waals surface area contributed by atoms with Gasteiger partial charge in [0.1, 0.15) is 19.0 Å². The normalized spacial score (nSPS) is 17.4. The quantitative estimate of drug-likeness (QED) is 0.323. The van der Waals surface area contributed by atoms with E-state index in [0.29, 0.717) is 80.0 Å². The van der Waals surface area contributed by atoms with E-state index in [9.17, 15) is 9.59 Å². The van der Waals surface area contributed by atoms with Crippen LogP contribution in [0.25, 0.3) is 11.4 Å². The summed E-state index contributed by atoms with van der Waals surface area (Å²) in [6.45, 7) is 2.73. The highest BCUT2D eigenvalue weighted by Crippen LogP contribution is 2.33. The highest BCUT2D eigenvalue weighted by molar-refractivity contribution is 6.33. The number of amides is 2. The zero-order valence-corrected chi connectivity index (χ0v) is 26.7. The SMILES string of the molecule is COc1ccc2cc1OCCN(C(=O)C1COc3ccccc3O1)CCCCN(C(=O)c1nn(C)cc1Cl)CCCn1ccnc1-2. The van der Waals surface area contributed by atoms with Crippen molar-refractivity contribution in [3.63, 3.8) is 0 Å². The number of imidazole rings is 1. The van der Waals surface area contributed by atoms with Crippen LogP contribution < -0.4 is 18.9 Å². The molecule has 2 amide bonds. The van der Waals surface area contributed by atoms with Crippen molar-refractivity contribution in [2.75, 3.05) is 46.5 Å². The van der Waals surface area contributed by atoms with E-state index in [1.54, 1.807) is 42.4 Å². The third kappa shape index (κ3) is 6.91. The van der Waals surface area contributed by atoms with Crippen LogP contribution in [0.2, 0.25) is 5.02 Å². The average molecular weight is 649 g/mol. The van der Waals surface area contributed by atoms with E-state index in [1.165, 1.54) is 4.68 Å². The highest BCUT2D eigenvalue weighted by Gasteiger charge is 2.31. The molecule has 242 valence electrons. The minimum Gasteiger partial charge on any atom is -0.493 e. The van der Waals surface area contributed by atoms with Gasteiger partial charge in [0.05, 0.1) is 18.7 Å². The molecular formula is C33H37ClN6O6. The first-order valence-corrected chi connectivity index (χ1v) is 15.8. The number of hydrogen-bond donors (Lipinski definition) is 0. The Kier molecular flexibility index (Phi) is 9.62. The van der Waals surface area contributed by atoms with Crippen LogP contribution in [0.5, 0.6) is 23.0 Å². The first-order chi connectivity index (χ1) is 22.4. The van der Waals surface area contributed by atoms with Crippen molar-refractivity contribution >= 4 is 23.4 Å². The van der Waals surface area contributed by atoms with Gasteiger partial charge in [-0.2, -0.15) is 5.10 Å². The Morgan fingerprint density at radius 2 is 1.72 bits per heavy atom. The van der Waals surface area contributed by atoms with Crippen LogP contribution >= 0.6 is 11.6 Å². The van der Waals surface area contributed by atoms with E-state index < -0.39 is 6.10 Å². The van der Waals surface area contributed by atoms with Crippen LogP contribution in [0, 0.1) is 0 Å². The Morgan fingerprint density at radius 1 is 0.935 bits per heavy atom. The summed E-state index contributed by atoms with van der Waals surface area (Å²) >= 11 is 6.36. The zero-order chi connectivity index (χ0) is 32.0. The second-order valence-electron chi connectivity index (χ2n) is 11.2. The lowest BCUT2D eigenvalue weighted by molar-refractivity contribution is -0.141. The van der Waals surface area contributed by atoms with Crippen molar-refractivity contribution in [3.05, 3.63) is 71.8 Å². The Balaban J connectivity index is 1.25. The first kappa shape index (κ1) is 31.3. The van der Waals surface area contributed by atoms with Gasteiger partial charge in [-0.25, -0.2) is 4.98 Å². The van der Waals surface area contributed by atoms with Gasteiger partial charge >= 0.3 is 0 Å². The van der Waals surface area contributed by atoms with Crippen molar-refractivity contribution in [2.45, 2.75) is 31.9 Å². The Hall–Kier alpha value is -4.71. The number of carbonyl (C=O) groups excluding carboxylic acids is 2. The lowest BCUT2D eigenvalue weighted by Gasteiger charge is -2.31. The first-order valence-electron chi connectivity index (χ1n) is 15.4. The number of hydrogen-bond acceptors (Lipinski definition) is 8. The van der Waals surface area contributed by atoms with Crippen LogP contribution in [-0.4, -0.2) is 93.6 Å². The van der Waals surface area contributed by atoms with Crippen molar-refractivity contribution in [3.8, 4) is 34.4 Å². The van der Waals surface area contributed by atoms with Gasteiger partial charge < -0.3 is 33.3 Å². The molecule has 0 spiro atoms. The summed E-state index contributed by atoms with van der Waals surface area (Å²) in [4.78, 5) is 35.5. The molecule has 2 aliphatic heterocycles. The fourth-order valence-corrected chi connectivity index (χ4v) is 5.99. The smallest absolute Gasteiger partial charge is 0.275 e. The molecule has 2 aromatic carbocycles. The van der Waals surface area contributed by atoms with Gasteiger partial charge in [0.25, 0.3) is 11.8 Å². The maximum atomic E-state index is 13.8. The van der Waals surface area contributed by atoms with Gasteiger partial charge in [-0.15, -0.1) is 0 Å². The zero-order valence-electron chi connectivity index (χ0n) is 25.9. The number of aromatic nitrogens is 4. The standard InChI is InChI=1S/C33H37ClN6O6/c1-37-21-24(34)30(36-37)33(42)39-13-5-6-14-40(32(41)29-22-45-26-8-3-4-9-27(26)46-29)18-19-44-28-20-23(10-11-25(28)43-2)31-35-12-17-38(31)15-7-16-39/h3-4,8-12,17,20-21,29H,5-7,13-16,18-19,22H2,1-2H3. The number of ether oxygens (including phenoxy) is 4. The maximum Gasteiger partial charge on any atom is 0.275 e. The number of fused-ring (bicyclic) bond motifs is 5. The molecule has 2 aromatic heterocycles. The van der Waals surface area contributed by atoms with E-state index in [4.69, 9.17) is 30.5 Å². The van der Waals surface area contributed by atoms with Crippen LogP contribution in [0.3, 0.4) is 0 Å². The second-order valence-corrected chi connectivity index (χ2v) is 11.6. The van der Waals surface area contributed by atoms with Crippen LogP contribution in [-0.2, 0) is 18.4 Å². The molecule has 12 nitrogen and oxygen atoms in total. The van der Waals surface area contributed by atoms with Crippen molar-refractivity contribution in [1.29, 1.82) is 0 Å². The molecule has 2 aliphatic rings. The van der Waals surface area contributed by atoms with E-state index in [-0.39, 0.29) is 30.7 Å². The summed E-state index contributed by atoms with van der Waals surface area (Å²) in [6.07, 6.45) is 6.52. The number of para-hydroxylation sites is 2. The summed E-state index contributed by atoms with van der Waals surface area (Å²) in [5, 5.41) is 4.63. The number of methoxy groups -OCH3 is 1. The van der Waals surface area contributed by atoms with Crippen molar-refractivity contribution in [2.24, 2.45) is 7.05 Å². The molecule has 13 heteroatoms. The monoisotopic (exact) mass is 648 g/mol. The Bertz CT molecular complexity index is 1690. The molecule has 0 fully saturated rings. The number of benzene rings is 2. The van der Waals surface area contributed by atoms with Crippen molar-refractivity contribution < 1.29 is 28.5 Å². The number of aryl methyl sites for hydroxylation is 2. The number of carbonyl (C=O) groups is 2. The summed E-state index contributed by atoms with van der Waals surface area (Å²) in [7, 11) is 3.33. The van der Waals surface area contributed by atoms with Gasteiger partial charge in [-0.3, -0.25) is 14.3 Å². The molecule has 2 bridgehead atoms.